The number of hydrogen-bond donors (Lipinski definition) is 2. The normalized spacial score (nSPS) is 24.1. The highest BCUT2D eigenvalue weighted by Gasteiger charge is 2.33. The maximum Gasteiger partial charge on any atom is 0.321 e. The molecular formula is C7H12F2N2O. The zero-order chi connectivity index (χ0) is 9.19. The van der Waals surface area contributed by atoms with Crippen molar-refractivity contribution in [1.82, 2.24) is 10.6 Å². The van der Waals surface area contributed by atoms with Crippen LogP contribution >= 0.6 is 0 Å². The first-order valence-electron chi connectivity index (χ1n) is 3.89. The van der Waals surface area contributed by atoms with E-state index in [0.717, 1.165) is 13.0 Å². The van der Waals surface area contributed by atoms with Crippen LogP contribution in [0.3, 0.4) is 0 Å². The number of carbonyl (C=O) groups is 1. The van der Waals surface area contributed by atoms with Gasteiger partial charge in [0.15, 0.2) is 0 Å². The third-order valence-corrected chi connectivity index (χ3v) is 1.79. The minimum absolute atomic E-state index is 0.136. The van der Waals surface area contributed by atoms with Crippen molar-refractivity contribution in [3.8, 4) is 0 Å². The first kappa shape index (κ1) is 9.38. The second-order valence-electron chi connectivity index (χ2n) is 3.05. The summed E-state index contributed by atoms with van der Waals surface area (Å²) in [4.78, 5) is 10.7. The fraction of sp³-hybridized carbons (Fsp3) is 0.857. The summed E-state index contributed by atoms with van der Waals surface area (Å²) in [5.41, 5.74) is 0. The molecule has 2 N–H and O–H groups in total. The van der Waals surface area contributed by atoms with Crippen LogP contribution in [0.15, 0.2) is 0 Å². The summed E-state index contributed by atoms with van der Waals surface area (Å²) in [6.07, 6.45) is 0.724. The molecule has 0 aromatic rings. The van der Waals surface area contributed by atoms with Crippen LogP contribution in [0.2, 0.25) is 0 Å². The second-order valence-corrected chi connectivity index (χ2v) is 3.05. The van der Waals surface area contributed by atoms with Gasteiger partial charge in [0.25, 0.3) is 5.91 Å². The van der Waals surface area contributed by atoms with Gasteiger partial charge < -0.3 is 10.6 Å². The molecule has 70 valence electrons. The minimum Gasteiger partial charge on any atom is -0.347 e. The molecule has 0 bridgehead atoms. The summed E-state index contributed by atoms with van der Waals surface area (Å²) in [7, 11) is 0. The Morgan fingerprint density at radius 1 is 1.67 bits per heavy atom. The number of carbonyl (C=O) groups excluding carboxylic acids is 1. The molecule has 0 aliphatic carbocycles. The molecule has 0 saturated carbocycles. The smallest absolute Gasteiger partial charge is 0.321 e. The molecule has 0 unspecified atom stereocenters. The van der Waals surface area contributed by atoms with Gasteiger partial charge in [0.1, 0.15) is 0 Å². The molecule has 1 aliphatic heterocycles. The third kappa shape index (κ3) is 2.41. The second kappa shape index (κ2) is 3.35. The first-order chi connectivity index (χ1) is 5.50. The van der Waals surface area contributed by atoms with Gasteiger partial charge in [0, 0.05) is 19.5 Å². The van der Waals surface area contributed by atoms with Crippen molar-refractivity contribution in [2.45, 2.75) is 25.3 Å². The van der Waals surface area contributed by atoms with Gasteiger partial charge in [0.05, 0.1) is 0 Å². The molecule has 3 nitrogen and oxygen atoms in total. The van der Waals surface area contributed by atoms with E-state index in [0.29, 0.717) is 13.5 Å². The Morgan fingerprint density at radius 3 is 2.75 bits per heavy atom. The van der Waals surface area contributed by atoms with E-state index in [1.165, 1.54) is 0 Å². The van der Waals surface area contributed by atoms with Crippen molar-refractivity contribution in [2.75, 3.05) is 13.1 Å². The largest absolute Gasteiger partial charge is 0.347 e. The Hall–Kier alpha value is -0.710. The maximum absolute atomic E-state index is 12.3. The molecule has 0 radical (unpaired) electrons. The Bertz CT molecular complexity index is 173. The monoisotopic (exact) mass is 178 g/mol. The highest BCUT2D eigenvalue weighted by molar-refractivity contribution is 5.83. The summed E-state index contributed by atoms with van der Waals surface area (Å²) >= 11 is 0. The topological polar surface area (TPSA) is 41.1 Å². The molecule has 0 aromatic carbocycles. The zero-order valence-electron chi connectivity index (χ0n) is 6.86. The van der Waals surface area contributed by atoms with Crippen molar-refractivity contribution in [1.29, 1.82) is 0 Å². The minimum atomic E-state index is -3.26. The Kier molecular flexibility index (Phi) is 2.62. The van der Waals surface area contributed by atoms with Gasteiger partial charge in [-0.15, -0.1) is 0 Å². The van der Waals surface area contributed by atoms with E-state index >= 15 is 0 Å². The fourth-order valence-electron chi connectivity index (χ4n) is 1.09. The van der Waals surface area contributed by atoms with Gasteiger partial charge >= 0.3 is 5.92 Å². The molecule has 1 heterocycles. The standard InChI is InChI=1S/C7H12F2N2O/c1-7(8,9)6(12)11-5-2-3-10-4-5/h5,10H,2-4H2,1H3,(H,11,12)/t5-/m0/s1. The van der Waals surface area contributed by atoms with Crippen LogP contribution in [0.1, 0.15) is 13.3 Å². The van der Waals surface area contributed by atoms with E-state index in [1.807, 2.05) is 0 Å². The lowest BCUT2D eigenvalue weighted by Gasteiger charge is -2.14. The highest BCUT2D eigenvalue weighted by Crippen LogP contribution is 2.12. The van der Waals surface area contributed by atoms with E-state index in [2.05, 4.69) is 10.6 Å². The molecule has 1 atom stereocenters. The summed E-state index contributed by atoms with van der Waals surface area (Å²) in [5, 5.41) is 5.24. The lowest BCUT2D eigenvalue weighted by atomic mass is 10.2. The van der Waals surface area contributed by atoms with E-state index in [1.54, 1.807) is 0 Å². The molecule has 1 saturated heterocycles. The Labute approximate surface area is 69.5 Å². The molecular weight excluding hydrogens is 166 g/mol. The molecule has 0 aromatic heterocycles. The molecule has 5 heteroatoms. The lowest BCUT2D eigenvalue weighted by molar-refractivity contribution is -0.143. The number of nitrogens with one attached hydrogen (secondary N) is 2. The average Bonchev–Trinajstić information content (AvgIpc) is 2.37. The number of amides is 1. The maximum atomic E-state index is 12.3. The summed E-state index contributed by atoms with van der Waals surface area (Å²) < 4.78 is 24.7. The number of hydrogen-bond acceptors (Lipinski definition) is 2. The van der Waals surface area contributed by atoms with Gasteiger partial charge in [-0.05, 0) is 13.0 Å². The number of halogens is 2. The van der Waals surface area contributed by atoms with Crippen molar-refractivity contribution in [2.24, 2.45) is 0 Å². The van der Waals surface area contributed by atoms with Crippen LogP contribution in [0, 0.1) is 0 Å². The van der Waals surface area contributed by atoms with Gasteiger partial charge in [-0.3, -0.25) is 4.79 Å². The summed E-state index contributed by atoms with van der Waals surface area (Å²) in [5.74, 6) is -4.45. The van der Waals surface area contributed by atoms with Crippen molar-refractivity contribution in [3.05, 3.63) is 0 Å². The number of rotatable bonds is 2. The fourth-order valence-corrected chi connectivity index (χ4v) is 1.09. The van der Waals surface area contributed by atoms with Crippen molar-refractivity contribution in [3.63, 3.8) is 0 Å². The van der Waals surface area contributed by atoms with Gasteiger partial charge in [0.2, 0.25) is 0 Å². The molecule has 12 heavy (non-hydrogen) atoms. The molecule has 0 spiro atoms. The first-order valence-corrected chi connectivity index (χ1v) is 3.89. The van der Waals surface area contributed by atoms with Crippen LogP contribution in [0.4, 0.5) is 8.78 Å². The van der Waals surface area contributed by atoms with Crippen LogP contribution in [-0.2, 0) is 4.79 Å². The Morgan fingerprint density at radius 2 is 2.33 bits per heavy atom. The predicted octanol–water partition coefficient (Wildman–Crippen LogP) is 0.120. The molecule has 1 fully saturated rings. The third-order valence-electron chi connectivity index (χ3n) is 1.79. The molecule has 1 rings (SSSR count). The lowest BCUT2D eigenvalue weighted by Crippen LogP contribution is -2.44. The van der Waals surface area contributed by atoms with Crippen LogP contribution in [0.5, 0.6) is 0 Å². The van der Waals surface area contributed by atoms with E-state index in [4.69, 9.17) is 0 Å². The summed E-state index contributed by atoms with van der Waals surface area (Å²) in [6, 6.07) is -0.136. The van der Waals surface area contributed by atoms with E-state index in [9.17, 15) is 13.6 Å². The van der Waals surface area contributed by atoms with Crippen LogP contribution < -0.4 is 10.6 Å². The van der Waals surface area contributed by atoms with Crippen molar-refractivity contribution >= 4 is 5.91 Å². The van der Waals surface area contributed by atoms with Crippen LogP contribution in [-0.4, -0.2) is 31.0 Å². The number of alkyl halides is 2. The van der Waals surface area contributed by atoms with Gasteiger partial charge in [-0.2, -0.15) is 8.78 Å². The highest BCUT2D eigenvalue weighted by atomic mass is 19.3. The molecule has 1 amide bonds. The zero-order valence-corrected chi connectivity index (χ0v) is 6.86. The van der Waals surface area contributed by atoms with Crippen molar-refractivity contribution < 1.29 is 13.6 Å². The Balaban J connectivity index is 2.35. The van der Waals surface area contributed by atoms with E-state index < -0.39 is 11.8 Å². The quantitative estimate of drug-likeness (QED) is 0.630. The van der Waals surface area contributed by atoms with Crippen LogP contribution in [0.25, 0.3) is 0 Å². The van der Waals surface area contributed by atoms with Gasteiger partial charge in [-0.25, -0.2) is 0 Å². The molecule has 1 aliphatic rings. The van der Waals surface area contributed by atoms with E-state index in [-0.39, 0.29) is 6.04 Å². The van der Waals surface area contributed by atoms with Gasteiger partial charge in [-0.1, -0.05) is 0 Å². The predicted molar refractivity (Wildman–Crippen MR) is 40.0 cm³/mol. The SMILES string of the molecule is CC(F)(F)C(=O)N[C@H]1CCNC1. The summed E-state index contributed by atoms with van der Waals surface area (Å²) in [6.45, 7) is 1.97. The average molecular weight is 178 g/mol.